The van der Waals surface area contributed by atoms with Gasteiger partial charge in [0.05, 0.1) is 18.3 Å². The fourth-order valence-electron chi connectivity index (χ4n) is 3.64. The third-order valence-electron chi connectivity index (χ3n) is 5.33. The fraction of sp³-hybridized carbons (Fsp3) is 0.409. The van der Waals surface area contributed by atoms with E-state index in [-0.39, 0.29) is 28.6 Å². The Morgan fingerprint density at radius 1 is 1.27 bits per heavy atom. The van der Waals surface area contributed by atoms with Crippen molar-refractivity contribution in [2.24, 2.45) is 0 Å². The molecule has 0 radical (unpaired) electrons. The molecule has 1 atom stereocenters. The van der Waals surface area contributed by atoms with E-state index in [1.807, 2.05) is 6.07 Å². The summed E-state index contributed by atoms with van der Waals surface area (Å²) in [7, 11) is 0. The van der Waals surface area contributed by atoms with Crippen LogP contribution in [0.1, 0.15) is 49.8 Å². The molecule has 1 unspecified atom stereocenters. The van der Waals surface area contributed by atoms with Crippen LogP contribution in [0.2, 0.25) is 0 Å². The zero-order valence-electron chi connectivity index (χ0n) is 17.4. The summed E-state index contributed by atoms with van der Waals surface area (Å²) in [5, 5.41) is 8.51. The Kier molecular flexibility index (Phi) is 5.24. The highest BCUT2D eigenvalue weighted by atomic mass is 16.5. The Morgan fingerprint density at radius 3 is 2.83 bits per heavy atom. The molecular formula is C22H25N5O3. The quantitative estimate of drug-likeness (QED) is 0.660. The van der Waals surface area contributed by atoms with E-state index in [4.69, 9.17) is 4.52 Å². The number of aromatic nitrogens is 4. The lowest BCUT2D eigenvalue weighted by molar-refractivity contribution is 0.0709. The van der Waals surface area contributed by atoms with E-state index in [9.17, 15) is 9.59 Å². The van der Waals surface area contributed by atoms with Gasteiger partial charge in [0, 0.05) is 42.0 Å². The van der Waals surface area contributed by atoms with Crippen molar-refractivity contribution < 1.29 is 9.32 Å². The summed E-state index contributed by atoms with van der Waals surface area (Å²) in [6.45, 7) is 7.15. The summed E-state index contributed by atoms with van der Waals surface area (Å²) in [6, 6.07) is 8.49. The van der Waals surface area contributed by atoms with E-state index in [0.717, 1.165) is 24.1 Å². The van der Waals surface area contributed by atoms with E-state index in [1.165, 1.54) is 4.68 Å². The van der Waals surface area contributed by atoms with Crippen LogP contribution in [-0.2, 0) is 12.0 Å². The van der Waals surface area contributed by atoms with Crippen molar-refractivity contribution in [2.45, 2.75) is 51.6 Å². The van der Waals surface area contributed by atoms with Crippen LogP contribution in [0.15, 0.2) is 52.0 Å². The van der Waals surface area contributed by atoms with Crippen molar-refractivity contribution in [3.63, 3.8) is 0 Å². The molecule has 0 bridgehead atoms. The van der Waals surface area contributed by atoms with Gasteiger partial charge >= 0.3 is 0 Å². The number of carbonyl (C=O) groups is 1. The Labute approximate surface area is 174 Å². The van der Waals surface area contributed by atoms with Gasteiger partial charge in [-0.3, -0.25) is 14.6 Å². The predicted octanol–water partition coefficient (Wildman–Crippen LogP) is 2.90. The minimum absolute atomic E-state index is 0.114. The SMILES string of the molecule is CC(C)(C)c1ccc(=O)n(CC2CCCN2C(=O)c2cc(-c3cccnc3)on2)n1. The van der Waals surface area contributed by atoms with Crippen molar-refractivity contribution in [1.29, 1.82) is 0 Å². The van der Waals surface area contributed by atoms with Gasteiger partial charge in [-0.2, -0.15) is 5.10 Å². The van der Waals surface area contributed by atoms with E-state index in [1.54, 1.807) is 41.6 Å². The predicted molar refractivity (Wildman–Crippen MR) is 111 cm³/mol. The molecule has 0 saturated carbocycles. The zero-order valence-corrected chi connectivity index (χ0v) is 17.4. The molecule has 1 saturated heterocycles. The van der Waals surface area contributed by atoms with Gasteiger partial charge in [-0.1, -0.05) is 25.9 Å². The number of likely N-dealkylation sites (tertiary alicyclic amines) is 1. The second-order valence-electron chi connectivity index (χ2n) is 8.60. The first-order valence-corrected chi connectivity index (χ1v) is 10.1. The first-order chi connectivity index (χ1) is 14.3. The Hall–Kier alpha value is -3.29. The van der Waals surface area contributed by atoms with E-state index in [2.05, 4.69) is 36.0 Å². The molecule has 156 valence electrons. The fourth-order valence-corrected chi connectivity index (χ4v) is 3.64. The Morgan fingerprint density at radius 2 is 2.10 bits per heavy atom. The normalized spacial score (nSPS) is 16.8. The number of pyridine rings is 1. The second-order valence-corrected chi connectivity index (χ2v) is 8.60. The van der Waals surface area contributed by atoms with Gasteiger partial charge in [-0.15, -0.1) is 0 Å². The molecule has 4 rings (SSSR count). The number of nitrogens with zero attached hydrogens (tertiary/aromatic N) is 5. The number of amides is 1. The van der Waals surface area contributed by atoms with Crippen LogP contribution in [0.5, 0.6) is 0 Å². The molecule has 1 aliphatic heterocycles. The lowest BCUT2D eigenvalue weighted by atomic mass is 9.92. The highest BCUT2D eigenvalue weighted by Gasteiger charge is 2.32. The first kappa shape index (κ1) is 20.0. The Balaban J connectivity index is 1.54. The molecule has 1 aliphatic rings. The summed E-state index contributed by atoms with van der Waals surface area (Å²) in [4.78, 5) is 31.3. The first-order valence-electron chi connectivity index (χ1n) is 10.1. The van der Waals surface area contributed by atoms with Crippen molar-refractivity contribution >= 4 is 5.91 Å². The Bertz CT molecular complexity index is 1100. The molecule has 1 fully saturated rings. The maximum atomic E-state index is 13.1. The number of carbonyl (C=O) groups excluding carboxylic acids is 1. The molecule has 30 heavy (non-hydrogen) atoms. The van der Waals surface area contributed by atoms with Crippen LogP contribution < -0.4 is 5.56 Å². The molecular weight excluding hydrogens is 382 g/mol. The average Bonchev–Trinajstić information content (AvgIpc) is 3.39. The van der Waals surface area contributed by atoms with Crippen molar-refractivity contribution in [1.82, 2.24) is 24.8 Å². The van der Waals surface area contributed by atoms with Gasteiger partial charge < -0.3 is 9.42 Å². The summed E-state index contributed by atoms with van der Waals surface area (Å²) in [5.41, 5.74) is 1.53. The van der Waals surface area contributed by atoms with Crippen LogP contribution >= 0.6 is 0 Å². The number of hydrogen-bond acceptors (Lipinski definition) is 6. The maximum Gasteiger partial charge on any atom is 0.276 e. The van der Waals surface area contributed by atoms with Crippen LogP contribution in [0.4, 0.5) is 0 Å². The minimum Gasteiger partial charge on any atom is -0.355 e. The lowest BCUT2D eigenvalue weighted by Crippen LogP contribution is -2.41. The third kappa shape index (κ3) is 4.03. The number of rotatable bonds is 4. The summed E-state index contributed by atoms with van der Waals surface area (Å²) < 4.78 is 6.83. The molecule has 0 N–H and O–H groups in total. The van der Waals surface area contributed by atoms with Gasteiger partial charge in [-0.25, -0.2) is 4.68 Å². The van der Waals surface area contributed by atoms with Crippen LogP contribution in [-0.4, -0.2) is 43.3 Å². The smallest absolute Gasteiger partial charge is 0.276 e. The van der Waals surface area contributed by atoms with Gasteiger partial charge in [0.1, 0.15) is 0 Å². The summed E-state index contributed by atoms with van der Waals surface area (Å²) >= 11 is 0. The molecule has 0 aromatic carbocycles. The molecule has 3 aromatic rings. The third-order valence-corrected chi connectivity index (χ3v) is 5.33. The lowest BCUT2D eigenvalue weighted by Gasteiger charge is -2.25. The van der Waals surface area contributed by atoms with Crippen LogP contribution in [0, 0.1) is 0 Å². The van der Waals surface area contributed by atoms with Crippen LogP contribution in [0.25, 0.3) is 11.3 Å². The van der Waals surface area contributed by atoms with Gasteiger partial charge in [-0.05, 0) is 31.0 Å². The summed E-state index contributed by atoms with van der Waals surface area (Å²) in [5.74, 6) is 0.300. The molecule has 8 heteroatoms. The average molecular weight is 407 g/mol. The van der Waals surface area contributed by atoms with E-state index in [0.29, 0.717) is 18.8 Å². The van der Waals surface area contributed by atoms with Crippen LogP contribution in [0.3, 0.4) is 0 Å². The van der Waals surface area contributed by atoms with Gasteiger partial charge in [0.25, 0.3) is 11.5 Å². The molecule has 4 heterocycles. The van der Waals surface area contributed by atoms with E-state index < -0.39 is 0 Å². The standard InChI is InChI=1S/C22H25N5O3/c1-22(2,3)19-8-9-20(28)27(24-19)14-16-7-5-11-26(16)21(29)17-12-18(30-25-17)15-6-4-10-23-13-15/h4,6,8-10,12-13,16H,5,7,11,14H2,1-3H3. The van der Waals surface area contributed by atoms with Crippen molar-refractivity contribution in [3.05, 3.63) is 64.5 Å². The highest BCUT2D eigenvalue weighted by Crippen LogP contribution is 2.24. The highest BCUT2D eigenvalue weighted by molar-refractivity contribution is 5.93. The second kappa shape index (κ2) is 7.85. The molecule has 3 aromatic heterocycles. The zero-order chi connectivity index (χ0) is 21.3. The van der Waals surface area contributed by atoms with Crippen molar-refractivity contribution in [3.8, 4) is 11.3 Å². The molecule has 0 spiro atoms. The topological polar surface area (TPSA) is 94.1 Å². The van der Waals surface area contributed by atoms with Crippen molar-refractivity contribution in [2.75, 3.05) is 6.54 Å². The van der Waals surface area contributed by atoms with Gasteiger partial charge in [0.15, 0.2) is 11.5 Å². The monoisotopic (exact) mass is 407 g/mol. The maximum absolute atomic E-state index is 13.1. The largest absolute Gasteiger partial charge is 0.355 e. The molecule has 1 amide bonds. The number of hydrogen-bond donors (Lipinski definition) is 0. The summed E-state index contributed by atoms with van der Waals surface area (Å²) in [6.07, 6.45) is 5.02. The van der Waals surface area contributed by atoms with E-state index >= 15 is 0 Å². The minimum atomic E-state index is -0.198. The van der Waals surface area contributed by atoms with Gasteiger partial charge in [0.2, 0.25) is 0 Å². The molecule has 0 aliphatic carbocycles. The molecule has 8 nitrogen and oxygen atoms in total.